The normalized spacial score (nSPS) is 12.9. The van der Waals surface area contributed by atoms with E-state index < -0.39 is 18.0 Å². The fourth-order valence-electron chi connectivity index (χ4n) is 1.25. The molecule has 0 aliphatic carbocycles. The Labute approximate surface area is 108 Å². The van der Waals surface area contributed by atoms with Crippen molar-refractivity contribution >= 4 is 12.0 Å². The van der Waals surface area contributed by atoms with Crippen LogP contribution in [-0.2, 0) is 9.53 Å². The number of carbonyl (C=O) groups excluding carboxylic acids is 1. The lowest BCUT2D eigenvalue weighted by Crippen LogP contribution is -2.47. The maximum absolute atomic E-state index is 11.5. The summed E-state index contributed by atoms with van der Waals surface area (Å²) in [6, 6.07) is -1.37. The fourth-order valence-corrected chi connectivity index (χ4v) is 1.25. The van der Waals surface area contributed by atoms with E-state index in [9.17, 15) is 9.59 Å². The molecule has 0 bridgehead atoms. The zero-order valence-corrected chi connectivity index (χ0v) is 11.6. The summed E-state index contributed by atoms with van der Waals surface area (Å²) < 4.78 is 4.79. The third-order valence-electron chi connectivity index (χ3n) is 2.37. The number of amides is 2. The molecule has 0 aromatic rings. The van der Waals surface area contributed by atoms with Gasteiger partial charge in [0.15, 0.2) is 0 Å². The van der Waals surface area contributed by atoms with E-state index in [-0.39, 0.29) is 11.8 Å². The first-order chi connectivity index (χ1) is 8.26. The minimum atomic E-state index is -1.06. The lowest BCUT2D eigenvalue weighted by molar-refractivity contribution is -0.139. The van der Waals surface area contributed by atoms with Crippen molar-refractivity contribution in [2.75, 3.05) is 20.3 Å². The highest BCUT2D eigenvalue weighted by Gasteiger charge is 2.19. The van der Waals surface area contributed by atoms with Crippen molar-refractivity contribution in [3.63, 3.8) is 0 Å². The number of urea groups is 1. The average molecular weight is 260 g/mol. The van der Waals surface area contributed by atoms with Gasteiger partial charge < -0.3 is 20.5 Å². The van der Waals surface area contributed by atoms with Gasteiger partial charge in [-0.2, -0.15) is 0 Å². The SMILES string of the molecule is COCCC(NC(=O)NCCC(C)(C)C)C(=O)O. The second-order valence-electron chi connectivity index (χ2n) is 5.38. The van der Waals surface area contributed by atoms with Crippen LogP contribution in [0.4, 0.5) is 4.79 Å². The van der Waals surface area contributed by atoms with Crippen LogP contribution in [0, 0.1) is 5.41 Å². The predicted molar refractivity (Wildman–Crippen MR) is 68.5 cm³/mol. The third-order valence-corrected chi connectivity index (χ3v) is 2.37. The molecular formula is C12H24N2O4. The van der Waals surface area contributed by atoms with Gasteiger partial charge in [0.25, 0.3) is 0 Å². The van der Waals surface area contributed by atoms with Crippen LogP contribution in [0.2, 0.25) is 0 Å². The molecule has 0 heterocycles. The van der Waals surface area contributed by atoms with Gasteiger partial charge in [-0.05, 0) is 11.8 Å². The van der Waals surface area contributed by atoms with Crippen LogP contribution in [0.3, 0.4) is 0 Å². The fraction of sp³-hybridized carbons (Fsp3) is 0.833. The first-order valence-electron chi connectivity index (χ1n) is 6.02. The Balaban J connectivity index is 3.99. The second-order valence-corrected chi connectivity index (χ2v) is 5.38. The van der Waals surface area contributed by atoms with Crippen molar-refractivity contribution in [3.8, 4) is 0 Å². The number of ether oxygens (including phenoxy) is 1. The zero-order valence-electron chi connectivity index (χ0n) is 11.6. The molecule has 106 valence electrons. The topological polar surface area (TPSA) is 87.7 Å². The van der Waals surface area contributed by atoms with Gasteiger partial charge in [0.05, 0.1) is 0 Å². The lowest BCUT2D eigenvalue weighted by Gasteiger charge is -2.19. The number of carboxylic acid groups (broad SMARTS) is 1. The van der Waals surface area contributed by atoms with Gasteiger partial charge in [0.2, 0.25) is 0 Å². The molecule has 0 aromatic carbocycles. The first kappa shape index (κ1) is 16.7. The maximum Gasteiger partial charge on any atom is 0.326 e. The molecule has 2 amide bonds. The molecule has 18 heavy (non-hydrogen) atoms. The van der Waals surface area contributed by atoms with E-state index in [0.717, 1.165) is 6.42 Å². The molecule has 0 radical (unpaired) electrons. The van der Waals surface area contributed by atoms with E-state index in [0.29, 0.717) is 13.2 Å². The van der Waals surface area contributed by atoms with Gasteiger partial charge in [-0.1, -0.05) is 20.8 Å². The standard InChI is InChI=1S/C12H24N2O4/c1-12(2,3)6-7-13-11(17)14-9(10(15)16)5-8-18-4/h9H,5-8H2,1-4H3,(H,15,16)(H2,13,14,17). The van der Waals surface area contributed by atoms with Crippen LogP contribution in [0.5, 0.6) is 0 Å². The van der Waals surface area contributed by atoms with E-state index in [1.165, 1.54) is 7.11 Å². The van der Waals surface area contributed by atoms with Crippen LogP contribution in [0.25, 0.3) is 0 Å². The smallest absolute Gasteiger partial charge is 0.326 e. The summed E-state index contributed by atoms with van der Waals surface area (Å²) >= 11 is 0. The summed E-state index contributed by atoms with van der Waals surface area (Å²) in [4.78, 5) is 22.4. The largest absolute Gasteiger partial charge is 0.480 e. The number of carboxylic acids is 1. The van der Waals surface area contributed by atoms with E-state index in [1.807, 2.05) is 0 Å². The van der Waals surface area contributed by atoms with Crippen LogP contribution >= 0.6 is 0 Å². The summed E-state index contributed by atoms with van der Waals surface area (Å²) in [6.45, 7) is 7.03. The third kappa shape index (κ3) is 8.81. The van der Waals surface area contributed by atoms with Crippen molar-refractivity contribution in [2.45, 2.75) is 39.7 Å². The first-order valence-corrected chi connectivity index (χ1v) is 6.02. The molecule has 0 aliphatic heterocycles. The van der Waals surface area contributed by atoms with Crippen molar-refractivity contribution < 1.29 is 19.4 Å². The number of hydrogen-bond acceptors (Lipinski definition) is 3. The summed E-state index contributed by atoms with van der Waals surface area (Å²) in [6.07, 6.45) is 1.08. The van der Waals surface area contributed by atoms with Crippen molar-refractivity contribution in [1.29, 1.82) is 0 Å². The van der Waals surface area contributed by atoms with Gasteiger partial charge in [-0.3, -0.25) is 0 Å². The summed E-state index contributed by atoms with van der Waals surface area (Å²) in [5.74, 6) is -1.06. The molecule has 0 saturated heterocycles. The van der Waals surface area contributed by atoms with Crippen molar-refractivity contribution in [3.05, 3.63) is 0 Å². The average Bonchev–Trinajstić information content (AvgIpc) is 2.21. The Morgan fingerprint density at radius 3 is 2.39 bits per heavy atom. The van der Waals surface area contributed by atoms with Gasteiger partial charge in [-0.15, -0.1) is 0 Å². The van der Waals surface area contributed by atoms with Gasteiger partial charge in [0.1, 0.15) is 6.04 Å². The number of rotatable bonds is 7. The summed E-state index contributed by atoms with van der Waals surface area (Å²) in [5.41, 5.74) is 0.134. The molecule has 0 spiro atoms. The van der Waals surface area contributed by atoms with Crippen LogP contribution in [0.15, 0.2) is 0 Å². The molecule has 0 rings (SSSR count). The highest BCUT2D eigenvalue weighted by Crippen LogP contribution is 2.16. The molecule has 3 N–H and O–H groups in total. The Kier molecular flexibility index (Phi) is 7.35. The molecule has 6 heteroatoms. The highest BCUT2D eigenvalue weighted by molar-refractivity contribution is 5.82. The van der Waals surface area contributed by atoms with Crippen molar-refractivity contribution in [1.82, 2.24) is 10.6 Å². The number of nitrogens with one attached hydrogen (secondary N) is 2. The molecule has 1 atom stereocenters. The molecule has 0 fully saturated rings. The summed E-state index contributed by atoms with van der Waals surface area (Å²) in [5, 5.41) is 14.0. The van der Waals surface area contributed by atoms with Gasteiger partial charge >= 0.3 is 12.0 Å². The Morgan fingerprint density at radius 2 is 1.94 bits per heavy atom. The minimum absolute atomic E-state index is 0.134. The Hall–Kier alpha value is -1.30. The predicted octanol–water partition coefficient (Wildman–Crippen LogP) is 1.21. The second kappa shape index (κ2) is 7.92. The summed E-state index contributed by atoms with van der Waals surface area (Å²) in [7, 11) is 1.49. The van der Waals surface area contributed by atoms with Crippen LogP contribution < -0.4 is 10.6 Å². The maximum atomic E-state index is 11.5. The number of aliphatic carboxylic acids is 1. The van der Waals surface area contributed by atoms with E-state index in [1.54, 1.807) is 0 Å². The van der Waals surface area contributed by atoms with Crippen molar-refractivity contribution in [2.24, 2.45) is 5.41 Å². The minimum Gasteiger partial charge on any atom is -0.480 e. The molecule has 0 aliphatic rings. The Morgan fingerprint density at radius 1 is 1.33 bits per heavy atom. The van der Waals surface area contributed by atoms with E-state index >= 15 is 0 Å². The van der Waals surface area contributed by atoms with Crippen LogP contribution in [-0.4, -0.2) is 43.4 Å². The number of methoxy groups -OCH3 is 1. The van der Waals surface area contributed by atoms with Gasteiger partial charge in [0, 0.05) is 26.7 Å². The lowest BCUT2D eigenvalue weighted by atomic mass is 9.92. The van der Waals surface area contributed by atoms with Gasteiger partial charge in [-0.25, -0.2) is 9.59 Å². The molecular weight excluding hydrogens is 236 g/mol. The quantitative estimate of drug-likeness (QED) is 0.642. The monoisotopic (exact) mass is 260 g/mol. The highest BCUT2D eigenvalue weighted by atomic mass is 16.5. The zero-order chi connectivity index (χ0) is 14.2. The number of hydrogen-bond donors (Lipinski definition) is 3. The van der Waals surface area contributed by atoms with E-state index in [4.69, 9.17) is 9.84 Å². The molecule has 0 saturated carbocycles. The molecule has 0 aromatic heterocycles. The molecule has 6 nitrogen and oxygen atoms in total. The van der Waals surface area contributed by atoms with Crippen LogP contribution in [0.1, 0.15) is 33.6 Å². The number of carbonyl (C=O) groups is 2. The Bertz CT molecular complexity index is 274. The van der Waals surface area contributed by atoms with E-state index in [2.05, 4.69) is 31.4 Å². The molecule has 1 unspecified atom stereocenters.